The number of ketones is 1. The Hall–Kier alpha value is -3.66. The summed E-state index contributed by atoms with van der Waals surface area (Å²) in [6, 6.07) is 24.6. The van der Waals surface area contributed by atoms with Gasteiger partial charge in [-0.25, -0.2) is 4.98 Å². The lowest BCUT2D eigenvalue weighted by Crippen LogP contribution is -2.04. The number of aromatic amines is 1. The number of nitrogens with zero attached hydrogens (tertiary/aromatic N) is 1. The third-order valence-corrected chi connectivity index (χ3v) is 4.35. The van der Waals surface area contributed by atoms with Gasteiger partial charge in [0.05, 0.1) is 23.7 Å². The van der Waals surface area contributed by atoms with Crippen molar-refractivity contribution in [2.75, 3.05) is 7.11 Å². The fourth-order valence-corrected chi connectivity index (χ4v) is 2.94. The first-order valence-corrected chi connectivity index (χ1v) is 8.65. The van der Waals surface area contributed by atoms with Gasteiger partial charge < -0.3 is 9.72 Å². The summed E-state index contributed by atoms with van der Waals surface area (Å²) in [7, 11) is 1.60. The lowest BCUT2D eigenvalue weighted by Gasteiger charge is -2.06. The lowest BCUT2D eigenvalue weighted by molar-refractivity contribution is 0.105. The number of para-hydroxylation sites is 2. The second kappa shape index (κ2) is 7.30. The molecule has 1 N–H and O–H groups in total. The van der Waals surface area contributed by atoms with E-state index >= 15 is 0 Å². The van der Waals surface area contributed by atoms with E-state index in [2.05, 4.69) is 9.97 Å². The molecule has 0 atom stereocenters. The fraction of sp³-hybridized carbons (Fsp3) is 0.0435. The summed E-state index contributed by atoms with van der Waals surface area (Å²) in [6.45, 7) is 0. The van der Waals surface area contributed by atoms with Gasteiger partial charge in [-0.15, -0.1) is 0 Å². The minimum absolute atomic E-state index is 0.0967. The van der Waals surface area contributed by atoms with Crippen molar-refractivity contribution >= 4 is 28.5 Å². The molecule has 0 spiro atoms. The highest BCUT2D eigenvalue weighted by atomic mass is 16.5. The van der Waals surface area contributed by atoms with Crippen LogP contribution in [0.4, 0.5) is 0 Å². The Morgan fingerprint density at radius 1 is 0.926 bits per heavy atom. The van der Waals surface area contributed by atoms with Crippen LogP contribution in [0, 0.1) is 0 Å². The number of carbonyl (C=O) groups excluding carboxylic acids is 1. The predicted molar refractivity (Wildman–Crippen MR) is 108 cm³/mol. The Kier molecular flexibility index (Phi) is 4.54. The van der Waals surface area contributed by atoms with Crippen LogP contribution in [0.15, 0.2) is 78.9 Å². The second-order valence-corrected chi connectivity index (χ2v) is 6.13. The monoisotopic (exact) mass is 354 g/mol. The Bertz CT molecular complexity index is 1080. The van der Waals surface area contributed by atoms with Crippen molar-refractivity contribution in [1.82, 2.24) is 9.97 Å². The van der Waals surface area contributed by atoms with Crippen molar-refractivity contribution in [3.63, 3.8) is 0 Å². The molecule has 1 heterocycles. The van der Waals surface area contributed by atoms with Gasteiger partial charge in [-0.05, 0) is 48.0 Å². The minimum Gasteiger partial charge on any atom is -0.497 e. The first kappa shape index (κ1) is 16.8. The Balaban J connectivity index is 1.82. The van der Waals surface area contributed by atoms with Crippen LogP contribution in [0.25, 0.3) is 22.7 Å². The van der Waals surface area contributed by atoms with Crippen LogP contribution in [0.5, 0.6) is 5.75 Å². The molecule has 4 nitrogen and oxygen atoms in total. The Labute approximate surface area is 157 Å². The van der Waals surface area contributed by atoms with E-state index < -0.39 is 0 Å². The van der Waals surface area contributed by atoms with Gasteiger partial charge in [0.2, 0.25) is 0 Å². The highest BCUT2D eigenvalue weighted by molar-refractivity contribution is 6.31. The van der Waals surface area contributed by atoms with E-state index in [0.717, 1.165) is 16.6 Å². The van der Waals surface area contributed by atoms with Gasteiger partial charge in [-0.2, -0.15) is 0 Å². The van der Waals surface area contributed by atoms with Crippen molar-refractivity contribution in [1.29, 1.82) is 0 Å². The van der Waals surface area contributed by atoms with E-state index in [1.807, 2.05) is 60.7 Å². The lowest BCUT2D eigenvalue weighted by atomic mass is 10.0. The Morgan fingerprint density at radius 2 is 1.63 bits per heavy atom. The molecule has 0 fully saturated rings. The zero-order chi connectivity index (χ0) is 18.6. The third kappa shape index (κ3) is 3.51. The normalized spacial score (nSPS) is 11.5. The molecule has 0 unspecified atom stereocenters. The molecule has 0 amide bonds. The number of hydrogen-bond donors (Lipinski definition) is 1. The summed E-state index contributed by atoms with van der Waals surface area (Å²) in [4.78, 5) is 21.1. The molecule has 4 aromatic rings. The largest absolute Gasteiger partial charge is 0.497 e. The van der Waals surface area contributed by atoms with Gasteiger partial charge in [0.25, 0.3) is 0 Å². The zero-order valence-corrected chi connectivity index (χ0v) is 14.8. The van der Waals surface area contributed by atoms with Gasteiger partial charge in [0.1, 0.15) is 11.6 Å². The van der Waals surface area contributed by atoms with E-state index in [-0.39, 0.29) is 5.78 Å². The number of rotatable bonds is 5. The van der Waals surface area contributed by atoms with Gasteiger partial charge in [-0.1, -0.05) is 42.5 Å². The number of imidazole rings is 1. The molecule has 3 aromatic carbocycles. The summed E-state index contributed by atoms with van der Waals surface area (Å²) in [5.74, 6) is 1.17. The summed E-state index contributed by atoms with van der Waals surface area (Å²) in [6.07, 6.45) is 1.87. The maximum Gasteiger partial charge on any atom is 0.196 e. The molecule has 0 bridgehead atoms. The number of fused-ring (bicyclic) bond motifs is 1. The van der Waals surface area contributed by atoms with Crippen LogP contribution in [-0.4, -0.2) is 22.9 Å². The number of benzene rings is 3. The predicted octanol–water partition coefficient (Wildman–Crippen LogP) is 5.00. The number of ether oxygens (including phenoxy) is 1. The van der Waals surface area contributed by atoms with E-state index in [1.54, 1.807) is 31.4 Å². The van der Waals surface area contributed by atoms with Crippen LogP contribution >= 0.6 is 0 Å². The van der Waals surface area contributed by atoms with Crippen molar-refractivity contribution in [3.8, 4) is 5.75 Å². The van der Waals surface area contributed by atoms with E-state index in [0.29, 0.717) is 22.7 Å². The van der Waals surface area contributed by atoms with Crippen LogP contribution < -0.4 is 4.74 Å². The molecule has 4 heteroatoms. The first-order chi connectivity index (χ1) is 13.2. The number of hydrogen-bond acceptors (Lipinski definition) is 3. The van der Waals surface area contributed by atoms with Crippen molar-refractivity contribution in [2.24, 2.45) is 0 Å². The van der Waals surface area contributed by atoms with Crippen LogP contribution in [0.1, 0.15) is 21.7 Å². The Morgan fingerprint density at radius 3 is 2.33 bits per heavy atom. The topological polar surface area (TPSA) is 55.0 Å². The summed E-state index contributed by atoms with van der Waals surface area (Å²) in [5, 5.41) is 0. The molecule has 27 heavy (non-hydrogen) atoms. The van der Waals surface area contributed by atoms with E-state index in [4.69, 9.17) is 4.74 Å². The van der Waals surface area contributed by atoms with Crippen LogP contribution in [-0.2, 0) is 0 Å². The van der Waals surface area contributed by atoms with Crippen LogP contribution in [0.2, 0.25) is 0 Å². The number of methoxy groups -OCH3 is 1. The first-order valence-electron chi connectivity index (χ1n) is 8.65. The molecule has 4 rings (SSSR count). The number of H-pyrrole nitrogens is 1. The van der Waals surface area contributed by atoms with Crippen molar-refractivity contribution < 1.29 is 9.53 Å². The molecular weight excluding hydrogens is 336 g/mol. The summed E-state index contributed by atoms with van der Waals surface area (Å²) >= 11 is 0. The average molecular weight is 354 g/mol. The maximum atomic E-state index is 13.3. The molecule has 132 valence electrons. The molecule has 0 radical (unpaired) electrons. The van der Waals surface area contributed by atoms with Gasteiger partial charge >= 0.3 is 0 Å². The molecular formula is C23H18N2O2. The molecule has 0 saturated heterocycles. The number of carbonyl (C=O) groups is 1. The van der Waals surface area contributed by atoms with Crippen LogP contribution in [0.3, 0.4) is 0 Å². The molecule has 1 aromatic heterocycles. The van der Waals surface area contributed by atoms with Gasteiger partial charge in [0.15, 0.2) is 5.78 Å². The summed E-state index contributed by atoms with van der Waals surface area (Å²) < 4.78 is 5.19. The number of aromatic nitrogens is 2. The number of allylic oxidation sites excluding steroid dienone is 1. The standard InChI is InChI=1S/C23H18N2O2/c1-27-18-13-11-17(12-14-18)22(26)19(15-16-7-3-2-4-8-16)23-24-20-9-5-6-10-21(20)25-23/h2-15H,1H3,(H,24,25). The highest BCUT2D eigenvalue weighted by Gasteiger charge is 2.18. The number of Topliss-reactive ketones (excluding diaryl/α,β-unsaturated/α-hetero) is 1. The van der Waals surface area contributed by atoms with E-state index in [9.17, 15) is 4.79 Å². The van der Waals surface area contributed by atoms with E-state index in [1.165, 1.54) is 0 Å². The molecule has 0 aliphatic carbocycles. The highest BCUT2D eigenvalue weighted by Crippen LogP contribution is 2.24. The van der Waals surface area contributed by atoms with Crippen molar-refractivity contribution in [3.05, 3.63) is 95.8 Å². The van der Waals surface area contributed by atoms with Crippen molar-refractivity contribution in [2.45, 2.75) is 0 Å². The minimum atomic E-state index is -0.0967. The SMILES string of the molecule is COc1ccc(C(=O)C(=Cc2ccccc2)c2nc3ccccc3[nH]2)cc1. The molecule has 0 aliphatic heterocycles. The smallest absolute Gasteiger partial charge is 0.196 e. The average Bonchev–Trinajstić information content (AvgIpc) is 3.16. The molecule has 0 aliphatic rings. The number of nitrogens with one attached hydrogen (secondary N) is 1. The zero-order valence-electron chi connectivity index (χ0n) is 14.8. The second-order valence-electron chi connectivity index (χ2n) is 6.13. The quantitative estimate of drug-likeness (QED) is 0.405. The fourth-order valence-electron chi connectivity index (χ4n) is 2.94. The maximum absolute atomic E-state index is 13.3. The summed E-state index contributed by atoms with van der Waals surface area (Å²) in [5.41, 5.74) is 3.76. The molecule has 0 saturated carbocycles. The van der Waals surface area contributed by atoms with Gasteiger partial charge in [0, 0.05) is 5.56 Å². The van der Waals surface area contributed by atoms with Gasteiger partial charge in [-0.3, -0.25) is 4.79 Å². The third-order valence-electron chi connectivity index (χ3n) is 4.35.